The van der Waals surface area contributed by atoms with Crippen molar-refractivity contribution in [3.05, 3.63) is 336 Å². The molecule has 0 amide bonds. The molecule has 0 atom stereocenters. The van der Waals surface area contributed by atoms with Gasteiger partial charge in [-0.05, 0) is 259 Å². The van der Waals surface area contributed by atoms with Crippen LogP contribution in [0.4, 0.5) is 57.1 Å². The Balaban J connectivity index is 0.000000149. The SMILES string of the molecule is COc1ccc(-c2ccc(C)c(-c3cc(C(F)(F)F)nn3-c3ccc(S(N)(=O)=O)cc3)c2)cc1.Cc1ccc(-c2ccc(F)cc2)cc1-c1cc(C(F)(F)F)nn1-c1ccc(S(N)(=O)=O)cc1.Cc1ccc(-c2ccccc2)cc1-c1cc(C(F)(F)F)nn1-c1ccc(S(N)(=O)=O)cc1.Cc1ccc(-c2ccnn2C)cc1-c1cc(C(F)(F)F)nn1-c1ccc(S(N)(=O)=O)cc1. The van der Waals surface area contributed by atoms with Gasteiger partial charge in [-0.15, -0.1) is 0 Å². The molecule has 676 valence electrons. The number of alkyl halides is 12. The van der Waals surface area contributed by atoms with Crippen molar-refractivity contribution in [2.24, 2.45) is 27.6 Å². The molecule has 0 radical (unpaired) electrons. The number of hydrogen-bond acceptors (Lipinski definition) is 14. The molecular weight excluding hydrogens is 1810 g/mol. The molecule has 0 saturated heterocycles. The van der Waals surface area contributed by atoms with Crippen LogP contribution in [-0.2, 0) is 71.8 Å². The van der Waals surface area contributed by atoms with E-state index < -0.39 is 93.4 Å². The minimum atomic E-state index is -4.69. The summed E-state index contributed by atoms with van der Waals surface area (Å²) >= 11 is 0. The fourth-order valence-electron chi connectivity index (χ4n) is 13.7. The van der Waals surface area contributed by atoms with Crippen molar-refractivity contribution < 1.29 is 95.5 Å². The smallest absolute Gasteiger partial charge is 0.435 e. The quantitative estimate of drug-likeness (QED) is 0.0616. The van der Waals surface area contributed by atoms with Gasteiger partial charge in [0.1, 0.15) is 11.6 Å². The number of nitrogens with two attached hydrogens (primary N) is 4. The van der Waals surface area contributed by atoms with E-state index in [-0.39, 0.29) is 65.1 Å². The van der Waals surface area contributed by atoms with E-state index in [1.165, 1.54) is 109 Å². The Morgan fingerprint density at radius 3 is 0.779 bits per heavy atom. The van der Waals surface area contributed by atoms with Gasteiger partial charge >= 0.3 is 24.7 Å². The van der Waals surface area contributed by atoms with Gasteiger partial charge in [-0.25, -0.2) is 77.3 Å². The normalized spacial score (nSPS) is 12.2. The molecule has 0 aliphatic carbocycles. The number of aryl methyl sites for hydroxylation is 5. The molecule has 11 aromatic carbocycles. The van der Waals surface area contributed by atoms with E-state index in [1.807, 2.05) is 84.9 Å². The van der Waals surface area contributed by atoms with Crippen LogP contribution in [0.15, 0.2) is 305 Å². The Labute approximate surface area is 741 Å². The zero-order valence-corrected chi connectivity index (χ0v) is 72.4. The van der Waals surface area contributed by atoms with Crippen molar-refractivity contribution in [3.8, 4) is 118 Å². The second-order valence-corrected chi connectivity index (χ2v) is 35.8. The Morgan fingerprint density at radius 1 is 0.290 bits per heavy atom. The number of rotatable bonds is 17. The molecule has 5 aromatic heterocycles. The molecule has 0 spiro atoms. The highest BCUT2D eigenvalue weighted by atomic mass is 32.2. The van der Waals surface area contributed by atoms with Gasteiger partial charge in [-0.1, -0.05) is 103 Å². The number of halogens is 13. The van der Waals surface area contributed by atoms with Crippen LogP contribution in [-0.4, -0.2) is 89.7 Å². The molecule has 0 aliphatic rings. The molecule has 0 bridgehead atoms. The zero-order valence-electron chi connectivity index (χ0n) is 69.1. The number of nitrogens with zero attached hydrogens (tertiary/aromatic N) is 10. The lowest BCUT2D eigenvalue weighted by molar-refractivity contribution is -0.142. The Bertz CT molecular complexity index is 7420. The third kappa shape index (κ3) is 22.0. The van der Waals surface area contributed by atoms with E-state index in [4.69, 9.17) is 25.3 Å². The summed E-state index contributed by atoms with van der Waals surface area (Å²) in [5, 5.41) is 39.7. The third-order valence-electron chi connectivity index (χ3n) is 20.5. The maximum Gasteiger partial charge on any atom is 0.435 e. The summed E-state index contributed by atoms with van der Waals surface area (Å²) < 4.78 is 279. The summed E-state index contributed by atoms with van der Waals surface area (Å²) in [7, 11) is -12.5. The molecule has 0 saturated carbocycles. The number of benzene rings is 11. The highest BCUT2D eigenvalue weighted by molar-refractivity contribution is 7.90. The lowest BCUT2D eigenvalue weighted by atomic mass is 9.97. The molecule has 0 aliphatic heterocycles. The molecule has 40 heteroatoms. The summed E-state index contributed by atoms with van der Waals surface area (Å²) in [4.78, 5) is -0.627. The van der Waals surface area contributed by atoms with Crippen LogP contribution >= 0.6 is 0 Å². The predicted octanol–water partition coefficient (Wildman–Crippen LogP) is 19.6. The molecular formula is C91H73F13N14O9S4. The lowest BCUT2D eigenvalue weighted by Crippen LogP contribution is -2.12. The first-order valence-electron chi connectivity index (χ1n) is 38.5. The van der Waals surface area contributed by atoms with Crippen LogP contribution in [0.3, 0.4) is 0 Å². The van der Waals surface area contributed by atoms with Crippen molar-refractivity contribution in [1.82, 2.24) is 48.9 Å². The molecule has 131 heavy (non-hydrogen) atoms. The van der Waals surface area contributed by atoms with E-state index in [0.29, 0.717) is 44.7 Å². The van der Waals surface area contributed by atoms with Gasteiger partial charge in [0.05, 0.1) is 77.9 Å². The molecule has 0 fully saturated rings. The van der Waals surface area contributed by atoms with Crippen molar-refractivity contribution >= 4 is 40.1 Å². The molecule has 23 nitrogen and oxygen atoms in total. The topological polar surface area (TPSA) is 339 Å². The van der Waals surface area contributed by atoms with Gasteiger partial charge in [-0.3, -0.25) is 4.68 Å². The van der Waals surface area contributed by atoms with Crippen LogP contribution in [0.5, 0.6) is 5.75 Å². The lowest BCUT2D eigenvalue weighted by Gasteiger charge is -2.13. The standard InChI is InChI=1S/C24H20F3N3O3S.C23H17F4N3O2S.C23H18F3N3O2S.C21H18F3N5O2S/c1-15-3-4-17(16-5-9-19(33-2)10-6-16)13-21(15)22-14-23(24(25,26)27)29-30(22)18-7-11-20(12-8-18)34(28,31)32;1-14-2-3-16(15-4-6-17(24)7-5-15)12-20(14)21-13-22(23(25,26)27)29-30(21)18-8-10-19(11-9-18)33(28,31)32;1-15-7-8-17(16-5-3-2-4-6-16)13-20(15)21-14-22(23(24,25)26)28-29(21)18-9-11-19(12-10-18)32(27,30)31;1-13-3-4-14(18-9-10-26-28(18)2)11-17(13)19-12-20(21(22,23)24)27-29(19)15-5-7-16(8-6-15)32(25,30)31/h3-14H,1-2H3,(H2,28,31,32);2-13H,1H3,(H2,28,31,32);2-14H,1H3,(H2,27,30,31);3-12H,1-2H3,(H2,25,30,31). The number of aromatic nitrogens is 10. The van der Waals surface area contributed by atoms with Crippen molar-refractivity contribution in [2.75, 3.05) is 7.11 Å². The van der Waals surface area contributed by atoms with Crippen molar-refractivity contribution in [1.29, 1.82) is 0 Å². The van der Waals surface area contributed by atoms with E-state index in [2.05, 4.69) is 25.5 Å². The third-order valence-corrected chi connectivity index (χ3v) is 24.2. The van der Waals surface area contributed by atoms with Gasteiger partial charge in [0.25, 0.3) is 0 Å². The number of ether oxygens (including phenoxy) is 1. The number of hydrogen-bond donors (Lipinski definition) is 4. The highest BCUT2D eigenvalue weighted by Crippen LogP contribution is 2.43. The Hall–Kier alpha value is -14.0. The first kappa shape index (κ1) is 94.6. The fourth-order valence-corrected chi connectivity index (χ4v) is 15.8. The van der Waals surface area contributed by atoms with Crippen LogP contribution < -0.4 is 25.3 Å². The average molecular weight is 1880 g/mol. The van der Waals surface area contributed by atoms with Gasteiger partial charge < -0.3 is 4.74 Å². The van der Waals surface area contributed by atoms with Crippen LogP contribution in [0.1, 0.15) is 45.0 Å². The molecule has 0 unspecified atom stereocenters. The largest absolute Gasteiger partial charge is 0.497 e. The van der Waals surface area contributed by atoms with E-state index in [0.717, 1.165) is 93.2 Å². The average Bonchev–Trinajstić information content (AvgIpc) is 1.65. The molecule has 16 aromatic rings. The van der Waals surface area contributed by atoms with Gasteiger partial charge in [0.2, 0.25) is 40.1 Å². The Kier molecular flexibility index (Phi) is 26.6. The Morgan fingerprint density at radius 2 is 0.534 bits per heavy atom. The summed E-state index contributed by atoms with van der Waals surface area (Å²) in [5.74, 6) is 0.286. The van der Waals surface area contributed by atoms with Crippen LogP contribution in [0, 0.1) is 33.5 Å². The van der Waals surface area contributed by atoms with E-state index >= 15 is 0 Å². The maximum absolute atomic E-state index is 13.6. The first-order valence-corrected chi connectivity index (χ1v) is 44.7. The van der Waals surface area contributed by atoms with E-state index in [1.54, 1.807) is 113 Å². The number of primary sulfonamides is 4. The van der Waals surface area contributed by atoms with Crippen molar-refractivity contribution in [3.63, 3.8) is 0 Å². The number of sulfonamides is 4. The monoisotopic (exact) mass is 1880 g/mol. The van der Waals surface area contributed by atoms with Gasteiger partial charge in [0, 0.05) is 41.1 Å². The summed E-state index contributed by atoms with van der Waals surface area (Å²) in [6.07, 6.45) is -17.0. The molecule has 8 N–H and O–H groups in total. The van der Waals surface area contributed by atoms with Crippen LogP contribution in [0.2, 0.25) is 0 Å². The van der Waals surface area contributed by atoms with Crippen LogP contribution in [0.25, 0.3) is 112 Å². The fraction of sp³-hybridized carbons (Fsp3) is 0.110. The molecule has 5 heterocycles. The maximum atomic E-state index is 13.6. The van der Waals surface area contributed by atoms with E-state index in [9.17, 15) is 90.7 Å². The highest BCUT2D eigenvalue weighted by Gasteiger charge is 2.40. The first-order chi connectivity index (χ1) is 61.4. The second kappa shape index (κ2) is 36.9. The van der Waals surface area contributed by atoms with Gasteiger partial charge in [0.15, 0.2) is 22.8 Å². The minimum Gasteiger partial charge on any atom is -0.497 e. The summed E-state index contributed by atoms with van der Waals surface area (Å²) in [6.45, 7) is 7.14. The summed E-state index contributed by atoms with van der Waals surface area (Å²) in [5.41, 5.74) is 9.02. The second-order valence-electron chi connectivity index (χ2n) is 29.5. The summed E-state index contributed by atoms with van der Waals surface area (Å²) in [6, 6.07) is 70.6. The minimum absolute atomic E-state index is 0.145. The predicted molar refractivity (Wildman–Crippen MR) is 465 cm³/mol. The molecule has 16 rings (SSSR count). The van der Waals surface area contributed by atoms with Gasteiger partial charge in [-0.2, -0.15) is 78.2 Å². The van der Waals surface area contributed by atoms with Crippen molar-refractivity contribution in [2.45, 2.75) is 72.0 Å². The zero-order chi connectivity index (χ0) is 95.0. The number of methoxy groups -OCH3 is 1.